The van der Waals surface area contributed by atoms with Gasteiger partial charge < -0.3 is 20.0 Å². The summed E-state index contributed by atoms with van der Waals surface area (Å²) in [6, 6.07) is 5.17. The third-order valence-electron chi connectivity index (χ3n) is 8.40. The summed E-state index contributed by atoms with van der Waals surface area (Å²) >= 11 is 0. The van der Waals surface area contributed by atoms with Crippen LogP contribution in [0.15, 0.2) is 23.1 Å². The van der Waals surface area contributed by atoms with E-state index in [1.54, 1.807) is 36.0 Å². The van der Waals surface area contributed by atoms with E-state index in [2.05, 4.69) is 14.9 Å². The first kappa shape index (κ1) is 24.4. The first-order valence-corrected chi connectivity index (χ1v) is 14.4. The van der Waals surface area contributed by atoms with E-state index < -0.39 is 15.6 Å². The molecule has 198 valence electrons. The quantitative estimate of drug-likeness (QED) is 0.598. The number of fused-ring (bicyclic) bond motifs is 2. The molecule has 1 aliphatic heterocycles. The molecule has 2 heterocycles. The summed E-state index contributed by atoms with van der Waals surface area (Å²) in [5.41, 5.74) is 1.63. The Hall–Kier alpha value is -2.92. The molecule has 4 aliphatic rings. The molecule has 2 aromatic rings. The molecule has 2 N–H and O–H groups in total. The molecular weight excluding hydrogens is 492 g/mol. The predicted molar refractivity (Wildman–Crippen MR) is 141 cm³/mol. The monoisotopic (exact) mass is 526 g/mol. The number of rotatable bonds is 6. The molecule has 3 saturated carbocycles. The van der Waals surface area contributed by atoms with Crippen molar-refractivity contribution in [2.45, 2.75) is 50.0 Å². The van der Waals surface area contributed by atoms with Gasteiger partial charge in [0.05, 0.1) is 15.8 Å². The summed E-state index contributed by atoms with van der Waals surface area (Å²) in [4.78, 5) is 35.5. The zero-order valence-electron chi connectivity index (χ0n) is 21.8. The second kappa shape index (κ2) is 8.04. The Labute approximate surface area is 217 Å². The molecule has 0 radical (unpaired) electrons. The van der Waals surface area contributed by atoms with Crippen LogP contribution >= 0.6 is 0 Å². The van der Waals surface area contributed by atoms with Gasteiger partial charge in [-0.3, -0.25) is 4.79 Å². The van der Waals surface area contributed by atoms with Gasteiger partial charge in [0.1, 0.15) is 5.82 Å². The van der Waals surface area contributed by atoms with Crippen LogP contribution in [0, 0.1) is 18.3 Å². The van der Waals surface area contributed by atoms with Crippen molar-refractivity contribution in [3.63, 3.8) is 0 Å². The van der Waals surface area contributed by atoms with E-state index in [-0.39, 0.29) is 22.2 Å². The van der Waals surface area contributed by atoms with Crippen molar-refractivity contribution in [1.29, 1.82) is 0 Å². The standard InChI is InChI=1S/C26H34N6O4S/c1-16-11-21(28-23(33)26-14-17(26)15-26)27-19-12-18(37(35,36)29-25(2)5-6-25)13-20(22(16)19)31-7-9-32(10-8-31)24(34)30(3)4/h11-13,17,29H,5-10,14-15H2,1-4H3,(H,27,28,33). The van der Waals surface area contributed by atoms with Crippen molar-refractivity contribution >= 4 is 44.4 Å². The summed E-state index contributed by atoms with van der Waals surface area (Å²) in [5, 5.41) is 3.83. The van der Waals surface area contributed by atoms with E-state index in [4.69, 9.17) is 4.98 Å². The SMILES string of the molecule is Cc1cc(NC(=O)C23CC2C3)nc2cc(S(=O)(=O)NC3(C)CC3)cc(N3CCN(C(=O)N(C)C)CC3)c12. The smallest absolute Gasteiger partial charge is 0.319 e. The van der Waals surface area contributed by atoms with Crippen molar-refractivity contribution < 1.29 is 18.0 Å². The van der Waals surface area contributed by atoms with Gasteiger partial charge in [0.2, 0.25) is 15.9 Å². The van der Waals surface area contributed by atoms with Gasteiger partial charge in [-0.15, -0.1) is 0 Å². The number of sulfonamides is 1. The van der Waals surface area contributed by atoms with Crippen molar-refractivity contribution in [1.82, 2.24) is 19.5 Å². The Morgan fingerprint density at radius 1 is 1.08 bits per heavy atom. The molecule has 6 rings (SSSR count). The average molecular weight is 527 g/mol. The molecule has 3 amide bonds. The lowest BCUT2D eigenvalue weighted by Crippen LogP contribution is -2.51. The van der Waals surface area contributed by atoms with Gasteiger partial charge in [-0.05, 0) is 69.2 Å². The predicted octanol–water partition coefficient (Wildman–Crippen LogP) is 2.53. The fourth-order valence-electron chi connectivity index (χ4n) is 5.39. The number of carbonyl (C=O) groups is 2. The van der Waals surface area contributed by atoms with Crippen LogP contribution in [-0.4, -0.2) is 81.0 Å². The number of carbonyl (C=O) groups excluding carboxylic acids is 2. The molecule has 0 spiro atoms. The fraction of sp³-hybridized carbons (Fsp3) is 0.577. The summed E-state index contributed by atoms with van der Waals surface area (Å²) in [5.74, 6) is 0.981. The van der Waals surface area contributed by atoms with Crippen LogP contribution < -0.4 is 14.9 Å². The third kappa shape index (κ3) is 4.31. The summed E-state index contributed by atoms with van der Waals surface area (Å²) in [6.45, 7) is 6.09. The van der Waals surface area contributed by atoms with Crippen LogP contribution in [0.4, 0.5) is 16.3 Å². The highest BCUT2D eigenvalue weighted by Crippen LogP contribution is 2.75. The number of urea groups is 1. The van der Waals surface area contributed by atoms with E-state index in [0.29, 0.717) is 43.4 Å². The lowest BCUT2D eigenvalue weighted by atomic mass is 10.1. The van der Waals surface area contributed by atoms with Crippen molar-refractivity contribution in [2.75, 3.05) is 50.5 Å². The molecular formula is C26H34N6O4S. The zero-order chi connectivity index (χ0) is 26.3. The van der Waals surface area contributed by atoms with Gasteiger partial charge in [-0.2, -0.15) is 0 Å². The lowest BCUT2D eigenvalue weighted by Gasteiger charge is -2.38. The minimum absolute atomic E-state index is 0.0118. The lowest BCUT2D eigenvalue weighted by molar-refractivity contribution is -0.119. The molecule has 1 aromatic carbocycles. The highest BCUT2D eigenvalue weighted by atomic mass is 32.2. The second-order valence-electron chi connectivity index (χ2n) is 11.7. The number of nitrogens with one attached hydrogen (secondary N) is 2. The number of benzene rings is 1. The Kier molecular flexibility index (Phi) is 5.30. The number of hydrogen-bond acceptors (Lipinski definition) is 6. The first-order chi connectivity index (χ1) is 17.4. The molecule has 1 saturated heterocycles. The van der Waals surface area contributed by atoms with E-state index in [1.807, 2.05) is 19.9 Å². The largest absolute Gasteiger partial charge is 0.367 e. The second-order valence-corrected chi connectivity index (χ2v) is 13.4. The number of pyridine rings is 1. The highest BCUT2D eigenvalue weighted by molar-refractivity contribution is 7.89. The maximum Gasteiger partial charge on any atom is 0.319 e. The van der Waals surface area contributed by atoms with Crippen LogP contribution in [-0.2, 0) is 14.8 Å². The van der Waals surface area contributed by atoms with Gasteiger partial charge in [0.25, 0.3) is 0 Å². The molecule has 37 heavy (non-hydrogen) atoms. The van der Waals surface area contributed by atoms with Crippen molar-refractivity contribution in [3.05, 3.63) is 23.8 Å². The topological polar surface area (TPSA) is 115 Å². The first-order valence-electron chi connectivity index (χ1n) is 12.9. The average Bonchev–Trinajstić information content (AvgIpc) is 3.75. The van der Waals surface area contributed by atoms with E-state index >= 15 is 0 Å². The Bertz CT molecular complexity index is 1420. The molecule has 11 heteroatoms. The van der Waals surface area contributed by atoms with Gasteiger partial charge >= 0.3 is 6.03 Å². The Morgan fingerprint density at radius 2 is 1.73 bits per heavy atom. The van der Waals surface area contributed by atoms with Gasteiger partial charge in [-0.25, -0.2) is 22.9 Å². The van der Waals surface area contributed by atoms with Crippen LogP contribution in [0.3, 0.4) is 0 Å². The Morgan fingerprint density at radius 3 is 2.30 bits per heavy atom. The minimum atomic E-state index is -3.77. The van der Waals surface area contributed by atoms with Gasteiger partial charge in [-0.1, -0.05) is 0 Å². The van der Waals surface area contributed by atoms with Gasteiger partial charge in [0, 0.05) is 56.9 Å². The number of aryl methyl sites for hydroxylation is 1. The molecule has 0 atom stereocenters. The summed E-state index contributed by atoms with van der Waals surface area (Å²) < 4.78 is 29.6. The van der Waals surface area contributed by atoms with Crippen LogP contribution in [0.1, 0.15) is 38.2 Å². The molecule has 0 unspecified atom stereocenters. The van der Waals surface area contributed by atoms with Crippen LogP contribution in [0.25, 0.3) is 10.9 Å². The molecule has 3 aliphatic carbocycles. The maximum absolute atomic E-state index is 13.4. The van der Waals surface area contributed by atoms with E-state index in [0.717, 1.165) is 42.3 Å². The van der Waals surface area contributed by atoms with Crippen molar-refractivity contribution in [3.8, 4) is 0 Å². The fourth-order valence-corrected chi connectivity index (χ4v) is 6.90. The molecule has 0 bridgehead atoms. The Balaban J connectivity index is 1.37. The number of nitrogens with zero attached hydrogens (tertiary/aromatic N) is 4. The molecule has 10 nitrogen and oxygen atoms in total. The summed E-state index contributed by atoms with van der Waals surface area (Å²) in [6.07, 6.45) is 3.52. The number of amides is 3. The molecule has 1 aromatic heterocycles. The molecule has 4 fully saturated rings. The third-order valence-corrected chi connectivity index (χ3v) is 10.0. The zero-order valence-corrected chi connectivity index (χ0v) is 22.6. The van der Waals surface area contributed by atoms with Gasteiger partial charge in [0.15, 0.2) is 0 Å². The van der Waals surface area contributed by atoms with E-state index in [1.165, 1.54) is 0 Å². The summed E-state index contributed by atoms with van der Waals surface area (Å²) in [7, 11) is -0.299. The number of anilines is 2. The van der Waals surface area contributed by atoms with E-state index in [9.17, 15) is 18.0 Å². The number of hydrogen-bond donors (Lipinski definition) is 2. The van der Waals surface area contributed by atoms with Crippen LogP contribution in [0.2, 0.25) is 0 Å². The highest BCUT2D eigenvalue weighted by Gasteiger charge is 2.74. The van der Waals surface area contributed by atoms with Crippen molar-refractivity contribution in [2.24, 2.45) is 11.3 Å². The minimum Gasteiger partial charge on any atom is -0.367 e. The normalized spacial score (nSPS) is 25.5. The maximum atomic E-state index is 13.4. The number of aromatic nitrogens is 1. The van der Waals surface area contributed by atoms with Crippen LogP contribution in [0.5, 0.6) is 0 Å². The number of piperazine rings is 1.